The van der Waals surface area contributed by atoms with Crippen LogP contribution in [0, 0.1) is 5.41 Å². The number of rotatable bonds is 10. The number of nitrogen functional groups attached to an aromatic ring is 1. The van der Waals surface area contributed by atoms with Gasteiger partial charge in [0.25, 0.3) is 0 Å². The number of carboxylic acid groups (broad SMARTS) is 1. The molecule has 2 rings (SSSR count). The van der Waals surface area contributed by atoms with E-state index in [0.717, 1.165) is 11.3 Å². The number of nitrogens with one attached hydrogen (secondary N) is 3. The van der Waals surface area contributed by atoms with Crippen molar-refractivity contribution in [1.29, 1.82) is 5.41 Å². The molecular weight excluding hydrogens is 398 g/mol. The number of hydrogen-bond donors (Lipinski definition) is 6. The van der Waals surface area contributed by atoms with E-state index in [4.69, 9.17) is 11.1 Å². The van der Waals surface area contributed by atoms with Gasteiger partial charge in [-0.3, -0.25) is 19.8 Å². The smallest absolute Gasteiger partial charge is 0.313 e. The SMILES string of the molecule is N=C(N)c1ccc(NC(=O)CCC(=O)NC(O)CC(C(=O)O)c2nccs2)cc1. The van der Waals surface area contributed by atoms with Gasteiger partial charge < -0.3 is 26.6 Å². The number of aliphatic hydroxyl groups is 1. The highest BCUT2D eigenvalue weighted by molar-refractivity contribution is 7.09. The van der Waals surface area contributed by atoms with Crippen molar-refractivity contribution >= 4 is 40.6 Å². The third-order valence-corrected chi connectivity index (χ3v) is 4.78. The van der Waals surface area contributed by atoms with Gasteiger partial charge in [-0.15, -0.1) is 11.3 Å². The maximum Gasteiger partial charge on any atom is 0.313 e. The number of thiazole rings is 1. The van der Waals surface area contributed by atoms with Gasteiger partial charge in [0, 0.05) is 42.1 Å². The van der Waals surface area contributed by atoms with Crippen molar-refractivity contribution in [2.24, 2.45) is 5.73 Å². The Balaban J connectivity index is 1.77. The van der Waals surface area contributed by atoms with Crippen molar-refractivity contribution in [3.8, 4) is 0 Å². The van der Waals surface area contributed by atoms with E-state index in [-0.39, 0.29) is 25.1 Å². The molecule has 0 spiro atoms. The number of aliphatic hydroxyl groups excluding tert-OH is 1. The van der Waals surface area contributed by atoms with E-state index in [1.807, 2.05) is 0 Å². The molecule has 2 unspecified atom stereocenters. The molecule has 1 aromatic heterocycles. The molecule has 0 saturated heterocycles. The fourth-order valence-corrected chi connectivity index (χ4v) is 3.18. The van der Waals surface area contributed by atoms with Crippen LogP contribution in [-0.4, -0.2) is 45.0 Å². The number of aromatic nitrogens is 1. The van der Waals surface area contributed by atoms with Gasteiger partial charge in [-0.2, -0.15) is 0 Å². The number of carbonyl (C=O) groups is 3. The lowest BCUT2D eigenvalue weighted by Crippen LogP contribution is -2.37. The first-order valence-corrected chi connectivity index (χ1v) is 9.48. The molecule has 0 aliphatic heterocycles. The zero-order valence-electron chi connectivity index (χ0n) is 15.3. The number of aliphatic carboxylic acids is 1. The van der Waals surface area contributed by atoms with E-state index < -0.39 is 29.9 Å². The number of carbonyl (C=O) groups excluding carboxylic acids is 2. The van der Waals surface area contributed by atoms with Gasteiger partial charge in [0.2, 0.25) is 11.8 Å². The van der Waals surface area contributed by atoms with Crippen molar-refractivity contribution in [2.45, 2.75) is 31.4 Å². The lowest BCUT2D eigenvalue weighted by Gasteiger charge is -2.16. The Morgan fingerprint density at radius 3 is 2.38 bits per heavy atom. The molecule has 2 amide bonds. The van der Waals surface area contributed by atoms with Crippen molar-refractivity contribution in [3.63, 3.8) is 0 Å². The number of amidine groups is 1. The van der Waals surface area contributed by atoms with Crippen LogP contribution in [-0.2, 0) is 14.4 Å². The number of nitrogens with zero attached hydrogens (tertiary/aromatic N) is 1. The summed E-state index contributed by atoms with van der Waals surface area (Å²) in [5, 5.41) is 33.4. The highest BCUT2D eigenvalue weighted by atomic mass is 32.1. The first-order chi connectivity index (χ1) is 13.8. The molecule has 0 saturated carbocycles. The third-order valence-electron chi connectivity index (χ3n) is 3.89. The van der Waals surface area contributed by atoms with E-state index in [1.54, 1.807) is 29.6 Å². The molecule has 10 nitrogen and oxygen atoms in total. The Kier molecular flexibility index (Phi) is 7.80. The Labute approximate surface area is 170 Å². The fourth-order valence-electron chi connectivity index (χ4n) is 2.44. The largest absolute Gasteiger partial charge is 0.481 e. The number of benzene rings is 1. The Hall–Kier alpha value is -3.31. The first kappa shape index (κ1) is 22.0. The summed E-state index contributed by atoms with van der Waals surface area (Å²) in [5.74, 6) is -3.26. The summed E-state index contributed by atoms with van der Waals surface area (Å²) < 4.78 is 0. The number of nitrogens with two attached hydrogens (primary N) is 1. The molecule has 0 aliphatic rings. The molecule has 7 N–H and O–H groups in total. The second-order valence-electron chi connectivity index (χ2n) is 6.12. The van der Waals surface area contributed by atoms with Crippen LogP contribution in [0.1, 0.15) is 35.8 Å². The zero-order chi connectivity index (χ0) is 21.4. The van der Waals surface area contributed by atoms with Gasteiger partial charge in [-0.1, -0.05) is 0 Å². The highest BCUT2D eigenvalue weighted by Crippen LogP contribution is 2.23. The first-order valence-electron chi connectivity index (χ1n) is 8.60. The monoisotopic (exact) mass is 419 g/mol. The quantitative estimate of drug-likeness (QED) is 0.187. The van der Waals surface area contributed by atoms with E-state index in [0.29, 0.717) is 16.3 Å². The van der Waals surface area contributed by atoms with Crippen LogP contribution >= 0.6 is 11.3 Å². The van der Waals surface area contributed by atoms with E-state index in [1.165, 1.54) is 6.20 Å². The lowest BCUT2D eigenvalue weighted by molar-refractivity contribution is -0.140. The molecule has 0 fully saturated rings. The standard InChI is InChI=1S/C18H21N5O5S/c19-16(20)10-1-3-11(4-2-10)22-13(24)5-6-14(25)23-15(26)9-12(18(27)28)17-21-7-8-29-17/h1-4,7-8,12,15,26H,5-6,9H2,(H3,19,20)(H,22,24)(H,23,25)(H,27,28). The number of anilines is 1. The average molecular weight is 419 g/mol. The molecule has 154 valence electrons. The minimum Gasteiger partial charge on any atom is -0.481 e. The summed E-state index contributed by atoms with van der Waals surface area (Å²) in [7, 11) is 0. The van der Waals surface area contributed by atoms with Crippen LogP contribution in [0.15, 0.2) is 35.8 Å². The van der Waals surface area contributed by atoms with Gasteiger partial charge in [-0.25, -0.2) is 4.98 Å². The summed E-state index contributed by atoms with van der Waals surface area (Å²) in [5.41, 5.74) is 6.37. The third kappa shape index (κ3) is 6.97. The molecule has 1 aromatic carbocycles. The van der Waals surface area contributed by atoms with Gasteiger partial charge in [0.15, 0.2) is 0 Å². The van der Waals surface area contributed by atoms with Crippen LogP contribution in [0.4, 0.5) is 5.69 Å². The second-order valence-corrected chi connectivity index (χ2v) is 7.05. The highest BCUT2D eigenvalue weighted by Gasteiger charge is 2.26. The topological polar surface area (TPSA) is 178 Å². The number of hydrogen-bond acceptors (Lipinski definition) is 7. The summed E-state index contributed by atoms with van der Waals surface area (Å²) in [6.45, 7) is 0. The minimum absolute atomic E-state index is 0.0851. The summed E-state index contributed by atoms with van der Waals surface area (Å²) in [4.78, 5) is 39.1. The van der Waals surface area contributed by atoms with Crippen LogP contribution in [0.5, 0.6) is 0 Å². The molecule has 29 heavy (non-hydrogen) atoms. The second kappa shape index (κ2) is 10.3. The van der Waals surface area contributed by atoms with Crippen molar-refractivity contribution in [3.05, 3.63) is 46.4 Å². The van der Waals surface area contributed by atoms with Gasteiger partial charge in [-0.05, 0) is 24.3 Å². The lowest BCUT2D eigenvalue weighted by atomic mass is 10.1. The van der Waals surface area contributed by atoms with Gasteiger partial charge in [0.05, 0.1) is 0 Å². The van der Waals surface area contributed by atoms with E-state index in [9.17, 15) is 24.6 Å². The normalized spacial score (nSPS) is 12.6. The summed E-state index contributed by atoms with van der Waals surface area (Å²) >= 11 is 1.15. The minimum atomic E-state index is -1.38. The maximum atomic E-state index is 11.9. The van der Waals surface area contributed by atoms with Crippen LogP contribution in [0.3, 0.4) is 0 Å². The van der Waals surface area contributed by atoms with Gasteiger partial charge >= 0.3 is 5.97 Å². The van der Waals surface area contributed by atoms with Crippen molar-refractivity contribution < 1.29 is 24.6 Å². The maximum absolute atomic E-state index is 11.9. The average Bonchev–Trinajstić information content (AvgIpc) is 3.19. The summed E-state index contributed by atoms with van der Waals surface area (Å²) in [6, 6.07) is 6.34. The van der Waals surface area contributed by atoms with Crippen LogP contribution in [0.25, 0.3) is 0 Å². The molecule has 0 radical (unpaired) electrons. The van der Waals surface area contributed by atoms with Crippen molar-refractivity contribution in [1.82, 2.24) is 10.3 Å². The molecule has 2 atom stereocenters. The zero-order valence-corrected chi connectivity index (χ0v) is 16.1. The predicted molar refractivity (Wildman–Crippen MR) is 107 cm³/mol. The Bertz CT molecular complexity index is 869. The molecular formula is C18H21N5O5S. The molecule has 2 aromatic rings. The predicted octanol–water partition coefficient (Wildman–Crippen LogP) is 0.839. The van der Waals surface area contributed by atoms with Crippen molar-refractivity contribution in [2.75, 3.05) is 5.32 Å². The number of carboxylic acids is 1. The molecule has 1 heterocycles. The number of amides is 2. The van der Waals surface area contributed by atoms with Gasteiger partial charge in [0.1, 0.15) is 23.0 Å². The van der Waals surface area contributed by atoms with Crippen LogP contribution in [0.2, 0.25) is 0 Å². The van der Waals surface area contributed by atoms with E-state index in [2.05, 4.69) is 15.6 Å². The Morgan fingerprint density at radius 1 is 1.17 bits per heavy atom. The van der Waals surface area contributed by atoms with E-state index >= 15 is 0 Å². The summed E-state index contributed by atoms with van der Waals surface area (Å²) in [6.07, 6.45) is -0.448. The molecule has 0 bridgehead atoms. The Morgan fingerprint density at radius 2 is 1.83 bits per heavy atom. The molecule has 0 aliphatic carbocycles. The molecule has 11 heteroatoms. The van der Waals surface area contributed by atoms with Crippen LogP contribution < -0.4 is 16.4 Å². The fraction of sp³-hybridized carbons (Fsp3) is 0.278.